The lowest BCUT2D eigenvalue weighted by atomic mass is 9.85. The van der Waals surface area contributed by atoms with Crippen LogP contribution in [0.3, 0.4) is 0 Å². The van der Waals surface area contributed by atoms with Crippen LogP contribution < -0.4 is 5.32 Å². The number of esters is 1. The monoisotopic (exact) mass is 260 g/mol. The van der Waals surface area contributed by atoms with Gasteiger partial charge in [-0.05, 0) is 31.5 Å². The Hall–Kier alpha value is -2.17. The smallest absolute Gasteiger partial charge is 0.336 e. The standard InChI is InChI=1S/C14H16N2O3/c1-3-19-14(18)13-9(2)16-12(17)8-11(13)10-4-6-15-7-5-10/h4-7,11H,3,8H2,1-2H3,(H,16,17)/t11-/m0/s1. The molecule has 0 saturated heterocycles. The third-order valence-corrected chi connectivity index (χ3v) is 3.07. The van der Waals surface area contributed by atoms with Crippen LogP contribution in [0.15, 0.2) is 35.8 Å². The first kappa shape index (κ1) is 13.3. The number of ether oxygens (including phenoxy) is 1. The van der Waals surface area contributed by atoms with E-state index in [2.05, 4.69) is 10.3 Å². The summed E-state index contributed by atoms with van der Waals surface area (Å²) in [7, 11) is 0. The molecule has 1 aliphatic rings. The fourth-order valence-electron chi connectivity index (χ4n) is 2.26. The fraction of sp³-hybridized carbons (Fsp3) is 0.357. The van der Waals surface area contributed by atoms with E-state index < -0.39 is 0 Å². The predicted octanol–water partition coefficient (Wildman–Crippen LogP) is 1.52. The lowest BCUT2D eigenvalue weighted by Gasteiger charge is -2.26. The Morgan fingerprint density at radius 1 is 1.47 bits per heavy atom. The Balaban J connectivity index is 2.41. The molecular weight excluding hydrogens is 244 g/mol. The molecule has 0 saturated carbocycles. The summed E-state index contributed by atoms with van der Waals surface area (Å²) >= 11 is 0. The first-order valence-corrected chi connectivity index (χ1v) is 6.21. The molecule has 0 bridgehead atoms. The topological polar surface area (TPSA) is 68.3 Å². The Morgan fingerprint density at radius 3 is 2.79 bits per heavy atom. The molecule has 0 aromatic carbocycles. The highest BCUT2D eigenvalue weighted by Gasteiger charge is 2.32. The van der Waals surface area contributed by atoms with Crippen LogP contribution in [0.25, 0.3) is 0 Å². The first-order valence-electron chi connectivity index (χ1n) is 6.21. The first-order chi connectivity index (χ1) is 9.13. The molecule has 19 heavy (non-hydrogen) atoms. The molecule has 2 rings (SSSR count). The number of carbonyl (C=O) groups is 2. The molecule has 0 spiro atoms. The zero-order valence-corrected chi connectivity index (χ0v) is 11.0. The highest BCUT2D eigenvalue weighted by molar-refractivity contribution is 5.95. The van der Waals surface area contributed by atoms with E-state index in [0.717, 1.165) is 5.56 Å². The van der Waals surface area contributed by atoms with Crippen LogP contribution >= 0.6 is 0 Å². The summed E-state index contributed by atoms with van der Waals surface area (Å²) in [5.74, 6) is -0.732. The number of hydrogen-bond donors (Lipinski definition) is 1. The number of pyridine rings is 1. The normalized spacial score (nSPS) is 19.1. The number of carbonyl (C=O) groups excluding carboxylic acids is 2. The lowest BCUT2D eigenvalue weighted by Crippen LogP contribution is -2.34. The van der Waals surface area contributed by atoms with Crippen molar-refractivity contribution in [3.8, 4) is 0 Å². The summed E-state index contributed by atoms with van der Waals surface area (Å²) in [6.07, 6.45) is 3.55. The van der Waals surface area contributed by atoms with E-state index in [1.165, 1.54) is 0 Å². The molecule has 1 aliphatic heterocycles. The van der Waals surface area contributed by atoms with Crippen LogP contribution in [0.4, 0.5) is 0 Å². The minimum Gasteiger partial charge on any atom is -0.463 e. The average Bonchev–Trinajstić information content (AvgIpc) is 2.39. The molecule has 1 aromatic rings. The third kappa shape index (κ3) is 2.81. The Kier molecular flexibility index (Phi) is 3.94. The van der Waals surface area contributed by atoms with Crippen LogP contribution in [0, 0.1) is 0 Å². The summed E-state index contributed by atoms with van der Waals surface area (Å²) in [5, 5.41) is 2.69. The van der Waals surface area contributed by atoms with Gasteiger partial charge in [-0.15, -0.1) is 0 Å². The van der Waals surface area contributed by atoms with E-state index in [1.807, 2.05) is 12.1 Å². The molecule has 5 nitrogen and oxygen atoms in total. The van der Waals surface area contributed by atoms with Gasteiger partial charge in [0.1, 0.15) is 0 Å². The zero-order chi connectivity index (χ0) is 13.8. The van der Waals surface area contributed by atoms with Crippen molar-refractivity contribution in [2.24, 2.45) is 0 Å². The van der Waals surface area contributed by atoms with E-state index in [-0.39, 0.29) is 24.2 Å². The lowest BCUT2D eigenvalue weighted by molar-refractivity contribution is -0.139. The van der Waals surface area contributed by atoms with Crippen LogP contribution in [-0.4, -0.2) is 23.5 Å². The maximum absolute atomic E-state index is 12.1. The molecule has 100 valence electrons. The van der Waals surface area contributed by atoms with Crippen molar-refractivity contribution in [2.75, 3.05) is 6.61 Å². The average molecular weight is 260 g/mol. The summed E-state index contributed by atoms with van der Waals surface area (Å²) < 4.78 is 5.08. The number of nitrogens with zero attached hydrogens (tertiary/aromatic N) is 1. The van der Waals surface area contributed by atoms with E-state index in [9.17, 15) is 9.59 Å². The Morgan fingerprint density at radius 2 is 2.16 bits per heavy atom. The third-order valence-electron chi connectivity index (χ3n) is 3.07. The van der Waals surface area contributed by atoms with Crippen LogP contribution in [-0.2, 0) is 14.3 Å². The number of aromatic nitrogens is 1. The Labute approximate surface area is 111 Å². The maximum atomic E-state index is 12.1. The molecule has 0 aliphatic carbocycles. The van der Waals surface area contributed by atoms with Crippen molar-refractivity contribution in [1.29, 1.82) is 0 Å². The largest absolute Gasteiger partial charge is 0.463 e. The quantitative estimate of drug-likeness (QED) is 0.837. The van der Waals surface area contributed by atoms with E-state index in [0.29, 0.717) is 17.9 Å². The van der Waals surface area contributed by atoms with Gasteiger partial charge in [0.05, 0.1) is 12.2 Å². The van der Waals surface area contributed by atoms with Gasteiger partial charge >= 0.3 is 5.97 Å². The Bertz CT molecular complexity index is 523. The summed E-state index contributed by atoms with van der Waals surface area (Å²) in [6.45, 7) is 3.79. The number of amides is 1. The molecule has 5 heteroatoms. The molecule has 0 radical (unpaired) electrons. The molecule has 0 fully saturated rings. The number of allylic oxidation sites excluding steroid dienone is 1. The van der Waals surface area contributed by atoms with Gasteiger partial charge in [-0.2, -0.15) is 0 Å². The minimum atomic E-state index is -0.373. The molecule has 1 amide bonds. The van der Waals surface area contributed by atoms with Gasteiger partial charge in [-0.25, -0.2) is 4.79 Å². The van der Waals surface area contributed by atoms with Crippen molar-refractivity contribution in [1.82, 2.24) is 10.3 Å². The second kappa shape index (κ2) is 5.65. The van der Waals surface area contributed by atoms with Crippen molar-refractivity contribution in [3.63, 3.8) is 0 Å². The molecule has 0 unspecified atom stereocenters. The van der Waals surface area contributed by atoms with Crippen molar-refractivity contribution in [3.05, 3.63) is 41.4 Å². The van der Waals surface area contributed by atoms with Gasteiger partial charge in [-0.1, -0.05) is 0 Å². The number of rotatable bonds is 3. The van der Waals surface area contributed by atoms with Crippen LogP contribution in [0.2, 0.25) is 0 Å². The van der Waals surface area contributed by atoms with Gasteiger partial charge in [-0.3, -0.25) is 9.78 Å². The maximum Gasteiger partial charge on any atom is 0.336 e. The highest BCUT2D eigenvalue weighted by Crippen LogP contribution is 2.32. The summed E-state index contributed by atoms with van der Waals surface area (Å²) in [4.78, 5) is 27.7. The van der Waals surface area contributed by atoms with Gasteiger partial charge in [0.2, 0.25) is 5.91 Å². The minimum absolute atomic E-state index is 0.0904. The van der Waals surface area contributed by atoms with Gasteiger partial charge in [0.25, 0.3) is 0 Å². The molecule has 2 heterocycles. The number of hydrogen-bond acceptors (Lipinski definition) is 4. The molecule has 1 atom stereocenters. The fourth-order valence-corrected chi connectivity index (χ4v) is 2.26. The van der Waals surface area contributed by atoms with E-state index >= 15 is 0 Å². The molecule has 1 N–H and O–H groups in total. The highest BCUT2D eigenvalue weighted by atomic mass is 16.5. The number of nitrogens with one attached hydrogen (secondary N) is 1. The van der Waals surface area contributed by atoms with Crippen molar-refractivity contribution >= 4 is 11.9 Å². The van der Waals surface area contributed by atoms with Crippen molar-refractivity contribution in [2.45, 2.75) is 26.2 Å². The van der Waals surface area contributed by atoms with Gasteiger partial charge in [0, 0.05) is 30.4 Å². The SMILES string of the molecule is CCOC(=O)C1=C(C)NC(=O)C[C@H]1c1ccncc1. The van der Waals surface area contributed by atoms with Crippen LogP contribution in [0.5, 0.6) is 0 Å². The summed E-state index contributed by atoms with van der Waals surface area (Å²) in [5.41, 5.74) is 1.98. The second-order valence-electron chi connectivity index (χ2n) is 4.34. The van der Waals surface area contributed by atoms with Gasteiger partial charge < -0.3 is 10.1 Å². The van der Waals surface area contributed by atoms with Crippen molar-refractivity contribution < 1.29 is 14.3 Å². The molecular formula is C14H16N2O3. The van der Waals surface area contributed by atoms with Crippen LogP contribution in [0.1, 0.15) is 31.7 Å². The second-order valence-corrected chi connectivity index (χ2v) is 4.34. The molecule has 1 aromatic heterocycles. The summed E-state index contributed by atoms with van der Waals surface area (Å²) in [6, 6.07) is 3.63. The van der Waals surface area contributed by atoms with E-state index in [4.69, 9.17) is 4.74 Å². The van der Waals surface area contributed by atoms with Gasteiger partial charge in [0.15, 0.2) is 0 Å². The van der Waals surface area contributed by atoms with E-state index in [1.54, 1.807) is 26.2 Å². The predicted molar refractivity (Wildman–Crippen MR) is 69.1 cm³/mol. The zero-order valence-electron chi connectivity index (χ0n) is 11.0.